The molecule has 0 spiro atoms. The summed E-state index contributed by atoms with van der Waals surface area (Å²) >= 11 is 0. The molecule has 1 rings (SSSR count). The molecule has 0 saturated carbocycles. The van der Waals surface area contributed by atoms with Gasteiger partial charge in [-0.15, -0.1) is 0 Å². The van der Waals surface area contributed by atoms with Crippen molar-refractivity contribution >= 4 is 11.8 Å². The van der Waals surface area contributed by atoms with Crippen molar-refractivity contribution in [3.63, 3.8) is 0 Å². The molecule has 0 saturated heterocycles. The van der Waals surface area contributed by atoms with Gasteiger partial charge in [0, 0.05) is 17.9 Å². The Kier molecular flexibility index (Phi) is 6.68. The molecule has 7 heteroatoms. The SMILES string of the molecule is CC(C)(C(=O)CCCc1ccc(O)cc1)C(N)[C@H](NO)C(=O)O. The van der Waals surface area contributed by atoms with Crippen LogP contribution in [0, 0.1) is 5.41 Å². The minimum Gasteiger partial charge on any atom is -0.508 e. The smallest absolute Gasteiger partial charge is 0.324 e. The molecule has 7 nitrogen and oxygen atoms in total. The third-order valence-corrected chi connectivity index (χ3v) is 4.12. The Morgan fingerprint density at radius 1 is 1.26 bits per heavy atom. The molecule has 23 heavy (non-hydrogen) atoms. The Morgan fingerprint density at radius 2 is 1.83 bits per heavy atom. The van der Waals surface area contributed by atoms with Crippen LogP contribution >= 0.6 is 0 Å². The van der Waals surface area contributed by atoms with Gasteiger partial charge in [-0.25, -0.2) is 0 Å². The van der Waals surface area contributed by atoms with Gasteiger partial charge < -0.3 is 21.2 Å². The first kappa shape index (κ1) is 19.1. The average Bonchev–Trinajstić information content (AvgIpc) is 2.49. The highest BCUT2D eigenvalue weighted by Crippen LogP contribution is 2.26. The fourth-order valence-electron chi connectivity index (χ4n) is 2.33. The van der Waals surface area contributed by atoms with E-state index in [1.807, 2.05) is 0 Å². The number of phenolic OH excluding ortho intramolecular Hbond substituents is 1. The van der Waals surface area contributed by atoms with Crippen LogP contribution < -0.4 is 11.2 Å². The number of aliphatic carboxylic acids is 1. The number of phenols is 1. The number of rotatable bonds is 9. The van der Waals surface area contributed by atoms with Crippen LogP contribution in [-0.4, -0.2) is 39.3 Å². The predicted molar refractivity (Wildman–Crippen MR) is 84.2 cm³/mol. The van der Waals surface area contributed by atoms with Crippen LogP contribution in [0.1, 0.15) is 32.3 Å². The average molecular weight is 324 g/mol. The zero-order chi connectivity index (χ0) is 17.6. The minimum atomic E-state index is -1.41. The molecule has 1 unspecified atom stereocenters. The van der Waals surface area contributed by atoms with Crippen molar-refractivity contribution in [1.82, 2.24) is 5.48 Å². The molecule has 0 aliphatic heterocycles. The summed E-state index contributed by atoms with van der Waals surface area (Å²) in [5.41, 5.74) is 7.41. The lowest BCUT2D eigenvalue weighted by Crippen LogP contribution is -2.58. The van der Waals surface area contributed by atoms with Crippen LogP contribution in [0.5, 0.6) is 5.75 Å². The van der Waals surface area contributed by atoms with Crippen molar-refractivity contribution in [1.29, 1.82) is 0 Å². The number of nitrogens with two attached hydrogens (primary N) is 1. The summed E-state index contributed by atoms with van der Waals surface area (Å²) in [5, 5.41) is 27.1. The third-order valence-electron chi connectivity index (χ3n) is 4.12. The number of carboxylic acid groups (broad SMARTS) is 1. The lowest BCUT2D eigenvalue weighted by atomic mass is 9.76. The first-order valence-electron chi connectivity index (χ1n) is 7.39. The molecule has 0 amide bonds. The van der Waals surface area contributed by atoms with Gasteiger partial charge in [0.1, 0.15) is 17.6 Å². The Balaban J connectivity index is 2.60. The highest BCUT2D eigenvalue weighted by Gasteiger charge is 2.41. The Labute approximate surface area is 135 Å². The quantitative estimate of drug-likeness (QED) is 0.429. The number of nitrogens with one attached hydrogen (secondary N) is 1. The van der Waals surface area contributed by atoms with Gasteiger partial charge >= 0.3 is 5.97 Å². The van der Waals surface area contributed by atoms with Gasteiger partial charge in [0.05, 0.1) is 0 Å². The highest BCUT2D eigenvalue weighted by molar-refractivity contribution is 5.86. The van der Waals surface area contributed by atoms with E-state index in [4.69, 9.17) is 16.0 Å². The lowest BCUT2D eigenvalue weighted by Gasteiger charge is -2.33. The molecule has 2 atom stereocenters. The van der Waals surface area contributed by atoms with Gasteiger partial charge in [0.15, 0.2) is 0 Å². The lowest BCUT2D eigenvalue weighted by molar-refractivity contribution is -0.145. The molecular formula is C16H24N2O5. The summed E-state index contributed by atoms with van der Waals surface area (Å²) in [6.45, 7) is 3.15. The Hall–Kier alpha value is -1.96. The second kappa shape index (κ2) is 8.05. The van der Waals surface area contributed by atoms with Gasteiger partial charge in [0.25, 0.3) is 0 Å². The number of hydrogen-bond acceptors (Lipinski definition) is 6. The second-order valence-electron chi connectivity index (χ2n) is 6.14. The standard InChI is InChI=1S/C16H24N2O5/c1-16(2,14(17)13(18-23)15(21)22)12(20)5-3-4-10-6-8-11(19)9-7-10/h6-9,13-14,18-19,23H,3-5,17H2,1-2H3,(H,21,22)/t13-,14?/m0/s1. The zero-order valence-corrected chi connectivity index (χ0v) is 13.3. The molecule has 6 N–H and O–H groups in total. The van der Waals surface area contributed by atoms with Crippen molar-refractivity contribution in [3.05, 3.63) is 29.8 Å². The van der Waals surface area contributed by atoms with E-state index in [-0.39, 0.29) is 18.0 Å². The Morgan fingerprint density at radius 3 is 2.30 bits per heavy atom. The maximum absolute atomic E-state index is 12.4. The molecule has 0 heterocycles. The number of benzene rings is 1. The maximum Gasteiger partial charge on any atom is 0.324 e. The largest absolute Gasteiger partial charge is 0.508 e. The molecule has 0 bridgehead atoms. The van der Waals surface area contributed by atoms with E-state index in [9.17, 15) is 14.7 Å². The first-order valence-corrected chi connectivity index (χ1v) is 7.39. The van der Waals surface area contributed by atoms with Gasteiger partial charge in [-0.2, -0.15) is 5.48 Å². The molecule has 0 fully saturated rings. The van der Waals surface area contributed by atoms with E-state index in [0.717, 1.165) is 5.56 Å². The fourth-order valence-corrected chi connectivity index (χ4v) is 2.33. The van der Waals surface area contributed by atoms with Crippen molar-refractivity contribution in [2.75, 3.05) is 0 Å². The topological polar surface area (TPSA) is 133 Å². The van der Waals surface area contributed by atoms with Gasteiger partial charge in [-0.1, -0.05) is 26.0 Å². The van der Waals surface area contributed by atoms with E-state index in [1.54, 1.807) is 43.6 Å². The summed E-state index contributed by atoms with van der Waals surface area (Å²) in [7, 11) is 0. The van der Waals surface area contributed by atoms with E-state index in [0.29, 0.717) is 12.8 Å². The number of aryl methyl sites for hydroxylation is 1. The molecule has 0 radical (unpaired) electrons. The summed E-state index contributed by atoms with van der Waals surface area (Å²) < 4.78 is 0. The summed E-state index contributed by atoms with van der Waals surface area (Å²) in [6, 6.07) is 4.26. The molecule has 0 aromatic heterocycles. The number of carboxylic acids is 1. The summed E-state index contributed by atoms with van der Waals surface area (Å²) in [5.74, 6) is -1.29. The number of carbonyl (C=O) groups excluding carboxylic acids is 1. The molecule has 1 aromatic carbocycles. The van der Waals surface area contributed by atoms with Crippen molar-refractivity contribution in [3.8, 4) is 5.75 Å². The van der Waals surface area contributed by atoms with Gasteiger partial charge in [-0.05, 0) is 30.5 Å². The summed E-state index contributed by atoms with van der Waals surface area (Å²) in [4.78, 5) is 23.4. The maximum atomic E-state index is 12.4. The van der Waals surface area contributed by atoms with Crippen LogP contribution in [0.15, 0.2) is 24.3 Å². The molecule has 0 aliphatic carbocycles. The third kappa shape index (κ3) is 5.02. The van der Waals surface area contributed by atoms with E-state index in [1.165, 1.54) is 0 Å². The zero-order valence-electron chi connectivity index (χ0n) is 13.3. The van der Waals surface area contributed by atoms with E-state index < -0.39 is 23.5 Å². The number of ketones is 1. The monoisotopic (exact) mass is 324 g/mol. The Bertz CT molecular complexity index is 542. The van der Waals surface area contributed by atoms with E-state index in [2.05, 4.69) is 0 Å². The van der Waals surface area contributed by atoms with Gasteiger partial charge in [0.2, 0.25) is 0 Å². The minimum absolute atomic E-state index is 0.162. The number of hydroxylamine groups is 1. The van der Waals surface area contributed by atoms with Gasteiger partial charge in [-0.3, -0.25) is 9.59 Å². The molecular weight excluding hydrogens is 300 g/mol. The fraction of sp³-hybridized carbons (Fsp3) is 0.500. The van der Waals surface area contributed by atoms with E-state index >= 15 is 0 Å². The molecule has 1 aromatic rings. The number of hydrogen-bond donors (Lipinski definition) is 5. The van der Waals surface area contributed by atoms with Crippen LogP contribution in [0.25, 0.3) is 0 Å². The first-order chi connectivity index (χ1) is 10.7. The summed E-state index contributed by atoms with van der Waals surface area (Å²) in [6.07, 6.45) is 1.50. The van der Waals surface area contributed by atoms with Crippen LogP contribution in [0.3, 0.4) is 0 Å². The number of aromatic hydroxyl groups is 1. The van der Waals surface area contributed by atoms with Crippen molar-refractivity contribution < 1.29 is 25.0 Å². The molecule has 128 valence electrons. The van der Waals surface area contributed by atoms with Crippen molar-refractivity contribution in [2.24, 2.45) is 11.1 Å². The second-order valence-corrected chi connectivity index (χ2v) is 6.14. The van der Waals surface area contributed by atoms with Crippen LogP contribution in [-0.2, 0) is 16.0 Å². The predicted octanol–water partition coefficient (Wildman–Crippen LogP) is 1.07. The van der Waals surface area contributed by atoms with Crippen LogP contribution in [0.2, 0.25) is 0 Å². The van der Waals surface area contributed by atoms with Crippen molar-refractivity contribution in [2.45, 2.75) is 45.2 Å². The normalized spacial score (nSPS) is 14.3. The highest BCUT2D eigenvalue weighted by atomic mass is 16.5. The van der Waals surface area contributed by atoms with Crippen LogP contribution in [0.4, 0.5) is 0 Å². The number of Topliss-reactive ketones (excluding diaryl/α,β-unsaturated/α-hetero) is 1. The number of carbonyl (C=O) groups is 2. The molecule has 0 aliphatic rings.